The van der Waals surface area contributed by atoms with E-state index in [9.17, 15) is 13.2 Å². The lowest BCUT2D eigenvalue weighted by Crippen LogP contribution is -2.44. The topological polar surface area (TPSA) is 15.3 Å². The minimum atomic E-state index is -4.05. The van der Waals surface area contributed by atoms with Gasteiger partial charge in [0, 0.05) is 19.1 Å². The van der Waals surface area contributed by atoms with Crippen LogP contribution in [0.3, 0.4) is 0 Å². The highest BCUT2D eigenvalue weighted by Crippen LogP contribution is 2.28. The van der Waals surface area contributed by atoms with Gasteiger partial charge in [0.15, 0.2) is 0 Å². The van der Waals surface area contributed by atoms with Crippen LogP contribution in [0.4, 0.5) is 13.2 Å². The third-order valence-electron chi connectivity index (χ3n) is 3.72. The van der Waals surface area contributed by atoms with E-state index in [1.165, 1.54) is 25.7 Å². The SMILES string of the molecule is CCNC(CN(C)CCC(F)(F)F)C1CCCC1. The molecule has 1 fully saturated rings. The summed E-state index contributed by atoms with van der Waals surface area (Å²) in [5.41, 5.74) is 0. The van der Waals surface area contributed by atoms with Crippen molar-refractivity contribution in [2.45, 2.75) is 51.2 Å². The molecule has 0 spiro atoms. The summed E-state index contributed by atoms with van der Waals surface area (Å²) in [6.45, 7) is 3.75. The lowest BCUT2D eigenvalue weighted by Gasteiger charge is -2.29. The Bertz CT molecular complexity index is 225. The number of nitrogens with one attached hydrogen (secondary N) is 1. The number of halogens is 3. The monoisotopic (exact) mass is 266 g/mol. The summed E-state index contributed by atoms with van der Waals surface area (Å²) in [6, 6.07) is 0.343. The predicted octanol–water partition coefficient (Wildman–Crippen LogP) is 3.04. The lowest BCUT2D eigenvalue weighted by molar-refractivity contribution is -0.137. The maximum absolute atomic E-state index is 12.2. The second kappa shape index (κ2) is 7.34. The number of alkyl halides is 3. The van der Waals surface area contributed by atoms with Crippen LogP contribution in [0, 0.1) is 5.92 Å². The summed E-state index contributed by atoms with van der Waals surface area (Å²) in [4.78, 5) is 1.80. The van der Waals surface area contributed by atoms with Gasteiger partial charge in [-0.05, 0) is 32.4 Å². The van der Waals surface area contributed by atoms with Gasteiger partial charge in [-0.1, -0.05) is 19.8 Å². The first-order chi connectivity index (χ1) is 8.42. The molecular formula is C13H25F3N2. The third-order valence-corrected chi connectivity index (χ3v) is 3.72. The molecule has 0 saturated heterocycles. The molecule has 0 aromatic heterocycles. The van der Waals surface area contributed by atoms with Gasteiger partial charge < -0.3 is 10.2 Å². The van der Waals surface area contributed by atoms with Gasteiger partial charge in [-0.3, -0.25) is 0 Å². The quantitative estimate of drug-likeness (QED) is 0.762. The second-order valence-corrected chi connectivity index (χ2v) is 5.34. The first-order valence-electron chi connectivity index (χ1n) is 6.91. The molecule has 1 saturated carbocycles. The molecule has 1 rings (SSSR count). The van der Waals surface area contributed by atoms with Crippen LogP contribution in [-0.4, -0.2) is 43.8 Å². The van der Waals surface area contributed by atoms with Crippen molar-refractivity contribution in [1.29, 1.82) is 0 Å². The lowest BCUT2D eigenvalue weighted by atomic mass is 9.97. The Morgan fingerprint density at radius 1 is 1.28 bits per heavy atom. The average molecular weight is 266 g/mol. The minimum absolute atomic E-state index is 0.0954. The molecule has 18 heavy (non-hydrogen) atoms. The second-order valence-electron chi connectivity index (χ2n) is 5.34. The van der Waals surface area contributed by atoms with Gasteiger partial charge in [0.05, 0.1) is 6.42 Å². The zero-order valence-electron chi connectivity index (χ0n) is 11.4. The van der Waals surface area contributed by atoms with Crippen LogP contribution in [0.5, 0.6) is 0 Å². The van der Waals surface area contributed by atoms with Gasteiger partial charge in [0.25, 0.3) is 0 Å². The molecule has 1 aliphatic rings. The van der Waals surface area contributed by atoms with Crippen molar-refractivity contribution < 1.29 is 13.2 Å². The van der Waals surface area contributed by atoms with Gasteiger partial charge in [-0.25, -0.2) is 0 Å². The Kier molecular flexibility index (Phi) is 6.43. The maximum Gasteiger partial charge on any atom is 0.390 e. The number of nitrogens with zero attached hydrogens (tertiary/aromatic N) is 1. The van der Waals surface area contributed by atoms with Crippen molar-refractivity contribution in [2.75, 3.05) is 26.7 Å². The van der Waals surface area contributed by atoms with E-state index in [-0.39, 0.29) is 6.54 Å². The molecular weight excluding hydrogens is 241 g/mol. The van der Waals surface area contributed by atoms with Crippen molar-refractivity contribution in [3.8, 4) is 0 Å². The molecule has 1 N–H and O–H groups in total. The Morgan fingerprint density at radius 2 is 1.89 bits per heavy atom. The Morgan fingerprint density at radius 3 is 2.39 bits per heavy atom. The maximum atomic E-state index is 12.2. The summed E-state index contributed by atoms with van der Waals surface area (Å²) < 4.78 is 36.5. The molecule has 1 unspecified atom stereocenters. The number of likely N-dealkylation sites (N-methyl/N-ethyl adjacent to an activating group) is 2. The molecule has 1 atom stereocenters. The Hall–Kier alpha value is -0.290. The van der Waals surface area contributed by atoms with E-state index in [1.54, 1.807) is 11.9 Å². The van der Waals surface area contributed by atoms with E-state index in [4.69, 9.17) is 0 Å². The molecule has 0 radical (unpaired) electrons. The van der Waals surface area contributed by atoms with Crippen LogP contribution in [-0.2, 0) is 0 Å². The molecule has 2 nitrogen and oxygen atoms in total. The van der Waals surface area contributed by atoms with Crippen molar-refractivity contribution in [3.63, 3.8) is 0 Å². The summed E-state index contributed by atoms with van der Waals surface area (Å²) in [5, 5.41) is 3.43. The number of hydrogen-bond donors (Lipinski definition) is 1. The van der Waals surface area contributed by atoms with Crippen molar-refractivity contribution in [2.24, 2.45) is 5.92 Å². The number of hydrogen-bond acceptors (Lipinski definition) is 2. The fourth-order valence-electron chi connectivity index (χ4n) is 2.75. The first kappa shape index (κ1) is 15.8. The van der Waals surface area contributed by atoms with Gasteiger partial charge >= 0.3 is 6.18 Å². The van der Waals surface area contributed by atoms with Gasteiger partial charge in [0.1, 0.15) is 0 Å². The average Bonchev–Trinajstić information content (AvgIpc) is 2.78. The normalized spacial score (nSPS) is 19.7. The summed E-state index contributed by atoms with van der Waals surface area (Å²) in [6.07, 6.45) is 0.190. The molecule has 0 heterocycles. The molecule has 0 bridgehead atoms. The fraction of sp³-hybridized carbons (Fsp3) is 1.00. The van der Waals surface area contributed by atoms with Crippen LogP contribution in [0.15, 0.2) is 0 Å². The van der Waals surface area contributed by atoms with E-state index in [0.717, 1.165) is 6.54 Å². The molecule has 108 valence electrons. The smallest absolute Gasteiger partial charge is 0.313 e. The Balaban J connectivity index is 2.35. The Labute approximate surface area is 108 Å². The van der Waals surface area contributed by atoms with E-state index in [0.29, 0.717) is 18.5 Å². The summed E-state index contributed by atoms with van der Waals surface area (Å²) in [5.74, 6) is 0.637. The standard InChI is InChI=1S/C13H25F3N2/c1-3-17-12(11-6-4-5-7-11)10-18(2)9-8-13(14,15)16/h11-12,17H,3-10H2,1-2H3. The van der Waals surface area contributed by atoms with Crippen LogP contribution >= 0.6 is 0 Å². The van der Waals surface area contributed by atoms with Crippen LogP contribution in [0.1, 0.15) is 39.0 Å². The zero-order valence-corrected chi connectivity index (χ0v) is 11.4. The third kappa shape index (κ3) is 6.05. The molecule has 5 heteroatoms. The van der Waals surface area contributed by atoms with E-state index >= 15 is 0 Å². The van der Waals surface area contributed by atoms with Crippen molar-refractivity contribution >= 4 is 0 Å². The highest BCUT2D eigenvalue weighted by molar-refractivity contribution is 4.82. The fourth-order valence-corrected chi connectivity index (χ4v) is 2.75. The van der Waals surface area contributed by atoms with E-state index in [2.05, 4.69) is 12.2 Å². The largest absolute Gasteiger partial charge is 0.390 e. The van der Waals surface area contributed by atoms with Crippen LogP contribution in [0.25, 0.3) is 0 Å². The highest BCUT2D eigenvalue weighted by atomic mass is 19.4. The highest BCUT2D eigenvalue weighted by Gasteiger charge is 2.29. The van der Waals surface area contributed by atoms with Gasteiger partial charge in [-0.15, -0.1) is 0 Å². The predicted molar refractivity (Wildman–Crippen MR) is 67.6 cm³/mol. The number of rotatable bonds is 7. The first-order valence-corrected chi connectivity index (χ1v) is 6.91. The van der Waals surface area contributed by atoms with Gasteiger partial charge in [0.2, 0.25) is 0 Å². The van der Waals surface area contributed by atoms with Crippen LogP contribution < -0.4 is 5.32 Å². The van der Waals surface area contributed by atoms with E-state index in [1.807, 2.05) is 0 Å². The minimum Gasteiger partial charge on any atom is -0.313 e. The molecule has 0 aromatic carbocycles. The summed E-state index contributed by atoms with van der Waals surface area (Å²) >= 11 is 0. The molecule has 1 aliphatic carbocycles. The summed E-state index contributed by atoms with van der Waals surface area (Å²) in [7, 11) is 1.78. The van der Waals surface area contributed by atoms with Gasteiger partial charge in [-0.2, -0.15) is 13.2 Å². The van der Waals surface area contributed by atoms with Crippen molar-refractivity contribution in [3.05, 3.63) is 0 Å². The molecule has 0 amide bonds. The van der Waals surface area contributed by atoms with Crippen LogP contribution in [0.2, 0.25) is 0 Å². The molecule has 0 aliphatic heterocycles. The molecule has 0 aromatic rings. The zero-order chi connectivity index (χ0) is 13.6. The van der Waals surface area contributed by atoms with E-state index < -0.39 is 12.6 Å². The van der Waals surface area contributed by atoms with Crippen molar-refractivity contribution in [1.82, 2.24) is 10.2 Å².